The van der Waals surface area contributed by atoms with E-state index in [1.807, 2.05) is 103 Å². The number of carboxylic acid groups (broad SMARTS) is 2. The quantitative estimate of drug-likeness (QED) is 0.162. The molecule has 3 spiro atoms. The zero-order chi connectivity index (χ0) is 48.1. The van der Waals surface area contributed by atoms with Crippen molar-refractivity contribution in [3.63, 3.8) is 0 Å². The molecule has 13 rings (SSSR count). The number of carbonyl (C=O) groups is 3. The standard InChI is InChI=1S/C24H20O4.2C17H14O4/c1-26-22(25)24(17-9-3-2-4-10-17)27-15-23(16-28-24)20-13-7-5-11-18(20)19-12-6-8-14-21(19)23;2*18-15(19)16-20-9-17(10-21-16)13-7-3-1-5-11(13)12-6-2-4-8-14(12)17/h2-14H,15-16H2,1H3;2*1-8,16H,9-10H2,(H,18,19). The monoisotopic (exact) mass is 936 g/mol. The molecule has 352 valence electrons. The maximum Gasteiger partial charge on any atom is 0.371 e. The number of aliphatic carboxylic acids is 2. The Morgan fingerprint density at radius 2 is 0.657 bits per heavy atom. The van der Waals surface area contributed by atoms with Gasteiger partial charge in [-0.1, -0.05) is 176 Å². The van der Waals surface area contributed by atoms with Gasteiger partial charge in [0, 0.05) is 5.56 Å². The van der Waals surface area contributed by atoms with Gasteiger partial charge in [0.25, 0.3) is 18.4 Å². The average molecular weight is 937 g/mol. The summed E-state index contributed by atoms with van der Waals surface area (Å²) in [6.07, 6.45) is -2.34. The molecule has 2 N–H and O–H groups in total. The van der Waals surface area contributed by atoms with E-state index >= 15 is 0 Å². The Kier molecular flexibility index (Phi) is 11.6. The van der Waals surface area contributed by atoms with Crippen molar-refractivity contribution in [3.05, 3.63) is 215 Å². The van der Waals surface area contributed by atoms with Crippen molar-refractivity contribution in [1.82, 2.24) is 0 Å². The summed E-state index contributed by atoms with van der Waals surface area (Å²) in [5.41, 5.74) is 13.4. The fourth-order valence-electron chi connectivity index (χ4n) is 11.2. The van der Waals surface area contributed by atoms with Crippen LogP contribution in [0.5, 0.6) is 0 Å². The van der Waals surface area contributed by atoms with Crippen LogP contribution in [-0.2, 0) is 69.6 Å². The van der Waals surface area contributed by atoms with Gasteiger partial charge in [-0.2, -0.15) is 0 Å². The highest BCUT2D eigenvalue weighted by Gasteiger charge is 2.56. The molecular weight excluding hydrogens is 889 g/mol. The Morgan fingerprint density at radius 3 is 0.929 bits per heavy atom. The zero-order valence-corrected chi connectivity index (χ0v) is 38.1. The molecule has 0 aromatic heterocycles. The van der Waals surface area contributed by atoms with Crippen LogP contribution in [0.1, 0.15) is 38.9 Å². The smallest absolute Gasteiger partial charge is 0.371 e. The van der Waals surface area contributed by atoms with Crippen LogP contribution in [0.15, 0.2) is 176 Å². The van der Waals surface area contributed by atoms with Gasteiger partial charge in [0.2, 0.25) is 0 Å². The highest BCUT2D eigenvalue weighted by molar-refractivity contribution is 5.85. The van der Waals surface area contributed by atoms with E-state index in [0.717, 1.165) is 22.3 Å². The summed E-state index contributed by atoms with van der Waals surface area (Å²) in [5.74, 6) is -4.25. The molecule has 3 aliphatic heterocycles. The first-order valence-electron chi connectivity index (χ1n) is 23.1. The lowest BCUT2D eigenvalue weighted by molar-refractivity contribution is -0.289. The summed E-state index contributed by atoms with van der Waals surface area (Å²) in [7, 11) is 1.35. The molecule has 3 aliphatic carbocycles. The van der Waals surface area contributed by atoms with Crippen molar-refractivity contribution < 1.29 is 57.8 Å². The summed E-state index contributed by atoms with van der Waals surface area (Å²) in [6.45, 7) is 1.92. The Hall–Kier alpha value is -7.29. The summed E-state index contributed by atoms with van der Waals surface area (Å²) in [5, 5.41) is 18.0. The normalized spacial score (nSPS) is 20.4. The van der Waals surface area contributed by atoms with Gasteiger partial charge in [-0.05, 0) is 66.8 Å². The van der Waals surface area contributed by atoms with E-state index < -0.39 is 52.5 Å². The third kappa shape index (κ3) is 7.09. The lowest BCUT2D eigenvalue weighted by Crippen LogP contribution is -2.54. The summed E-state index contributed by atoms with van der Waals surface area (Å²) in [4.78, 5) is 34.7. The first kappa shape index (κ1) is 45.2. The Balaban J connectivity index is 0.000000116. The fraction of sp³-hybridized carbons (Fsp3) is 0.224. The second-order valence-electron chi connectivity index (χ2n) is 18.2. The predicted octanol–water partition coefficient (Wildman–Crippen LogP) is 8.85. The largest absolute Gasteiger partial charge is 0.477 e. The molecule has 3 heterocycles. The number of esters is 1. The van der Waals surface area contributed by atoms with Crippen LogP contribution in [-0.4, -0.2) is 87.5 Å². The Labute approximate surface area is 403 Å². The molecule has 0 unspecified atom stereocenters. The second-order valence-corrected chi connectivity index (χ2v) is 18.2. The first-order chi connectivity index (χ1) is 34.2. The number of carbonyl (C=O) groups excluding carboxylic acids is 1. The van der Waals surface area contributed by atoms with Gasteiger partial charge in [-0.25, -0.2) is 14.4 Å². The van der Waals surface area contributed by atoms with Crippen molar-refractivity contribution in [2.45, 2.75) is 34.6 Å². The van der Waals surface area contributed by atoms with Crippen LogP contribution in [0.25, 0.3) is 33.4 Å². The highest BCUT2D eigenvalue weighted by Crippen LogP contribution is 2.54. The van der Waals surface area contributed by atoms with Gasteiger partial charge in [0.05, 0.1) is 63.0 Å². The molecule has 12 nitrogen and oxygen atoms in total. The number of rotatable bonds is 4. The summed E-state index contributed by atoms with van der Waals surface area (Å²) in [6, 6.07) is 58.6. The Bertz CT molecular complexity index is 2850. The zero-order valence-electron chi connectivity index (χ0n) is 38.1. The van der Waals surface area contributed by atoms with E-state index in [-0.39, 0.29) is 0 Å². The van der Waals surface area contributed by atoms with Crippen molar-refractivity contribution in [3.8, 4) is 33.4 Å². The second kappa shape index (κ2) is 17.9. The van der Waals surface area contributed by atoms with E-state index in [2.05, 4.69) is 72.8 Å². The van der Waals surface area contributed by atoms with Crippen molar-refractivity contribution >= 4 is 17.9 Å². The molecule has 7 aromatic carbocycles. The van der Waals surface area contributed by atoms with Crippen LogP contribution in [0.3, 0.4) is 0 Å². The lowest BCUT2D eigenvalue weighted by Gasteiger charge is -2.44. The summed E-state index contributed by atoms with van der Waals surface area (Å²) < 4.78 is 39.4. The van der Waals surface area contributed by atoms with Gasteiger partial charge < -0.3 is 43.4 Å². The van der Waals surface area contributed by atoms with Gasteiger partial charge in [-0.15, -0.1) is 0 Å². The molecule has 3 fully saturated rings. The minimum atomic E-state index is -1.55. The van der Waals surface area contributed by atoms with E-state index in [4.69, 9.17) is 43.4 Å². The van der Waals surface area contributed by atoms with Crippen LogP contribution < -0.4 is 0 Å². The maximum absolute atomic E-state index is 12.7. The van der Waals surface area contributed by atoms with Crippen LogP contribution in [0.2, 0.25) is 0 Å². The van der Waals surface area contributed by atoms with Gasteiger partial charge in [0.1, 0.15) is 0 Å². The van der Waals surface area contributed by atoms with Crippen LogP contribution >= 0.6 is 0 Å². The highest BCUT2D eigenvalue weighted by atomic mass is 16.7. The van der Waals surface area contributed by atoms with Gasteiger partial charge in [0.15, 0.2) is 0 Å². The molecule has 6 aliphatic rings. The lowest BCUT2D eigenvalue weighted by atomic mass is 9.78. The van der Waals surface area contributed by atoms with E-state index in [0.29, 0.717) is 45.2 Å². The number of ether oxygens (including phenoxy) is 7. The number of fused-ring (bicyclic) bond motifs is 15. The van der Waals surface area contributed by atoms with Crippen molar-refractivity contribution in [2.75, 3.05) is 46.8 Å². The fourth-order valence-corrected chi connectivity index (χ4v) is 11.2. The number of hydrogen-bond donors (Lipinski definition) is 2. The summed E-state index contributed by atoms with van der Waals surface area (Å²) >= 11 is 0. The molecule has 7 aromatic rings. The predicted molar refractivity (Wildman–Crippen MR) is 257 cm³/mol. The molecule has 3 saturated heterocycles. The van der Waals surface area contributed by atoms with Gasteiger partial charge in [-0.3, -0.25) is 0 Å². The third-order valence-electron chi connectivity index (χ3n) is 14.5. The maximum atomic E-state index is 12.7. The molecule has 70 heavy (non-hydrogen) atoms. The van der Waals surface area contributed by atoms with Crippen molar-refractivity contribution in [1.29, 1.82) is 0 Å². The van der Waals surface area contributed by atoms with Gasteiger partial charge >= 0.3 is 17.9 Å². The molecule has 0 atom stereocenters. The molecule has 0 bridgehead atoms. The van der Waals surface area contributed by atoms with Crippen LogP contribution in [0.4, 0.5) is 0 Å². The number of carboxylic acids is 2. The van der Waals surface area contributed by atoms with E-state index in [1.165, 1.54) is 51.6 Å². The molecule has 0 radical (unpaired) electrons. The molecular formula is C58H48O12. The molecule has 0 amide bonds. The van der Waals surface area contributed by atoms with Crippen LogP contribution in [0, 0.1) is 0 Å². The number of benzene rings is 7. The number of hydrogen-bond acceptors (Lipinski definition) is 10. The minimum Gasteiger partial charge on any atom is -0.477 e. The SMILES string of the molecule is COC(=O)C1(c2ccccc2)OCC2(CO1)c1ccccc1-c1ccccc12.O=C(O)C1OCC2(CO1)c1ccccc1-c1ccccc12.O=C(O)C1OCC2(CO1)c1ccccc1-c1ccccc12. The first-order valence-corrected chi connectivity index (χ1v) is 23.1. The average Bonchev–Trinajstić information content (AvgIpc) is 3.96. The third-order valence-corrected chi connectivity index (χ3v) is 14.5. The Morgan fingerprint density at radius 1 is 0.400 bits per heavy atom. The van der Waals surface area contributed by atoms with E-state index in [9.17, 15) is 14.4 Å². The minimum absolute atomic E-state index is 0.317. The topological polar surface area (TPSA) is 156 Å². The molecule has 12 heteroatoms. The molecule has 0 saturated carbocycles. The van der Waals surface area contributed by atoms with E-state index in [1.54, 1.807) is 0 Å². The number of methoxy groups -OCH3 is 1. The van der Waals surface area contributed by atoms with Crippen molar-refractivity contribution in [2.24, 2.45) is 0 Å².